The number of nitrogens with one attached hydrogen (secondary N) is 4. The summed E-state index contributed by atoms with van der Waals surface area (Å²) in [5.74, 6) is -3.62. The Labute approximate surface area is 292 Å². The summed E-state index contributed by atoms with van der Waals surface area (Å²) in [6.45, 7) is 10.9. The van der Waals surface area contributed by atoms with Gasteiger partial charge in [0.25, 0.3) is 5.91 Å². The molecule has 49 heavy (non-hydrogen) atoms. The van der Waals surface area contributed by atoms with E-state index in [2.05, 4.69) is 21.3 Å². The van der Waals surface area contributed by atoms with Crippen LogP contribution in [0.3, 0.4) is 0 Å². The summed E-state index contributed by atoms with van der Waals surface area (Å²) < 4.78 is 0. The maximum absolute atomic E-state index is 14.8. The molecule has 0 aromatic rings. The normalized spacial score (nSPS) is 25.4. The summed E-state index contributed by atoms with van der Waals surface area (Å²) in [5, 5.41) is 21.9. The van der Waals surface area contributed by atoms with E-state index in [-0.39, 0.29) is 35.7 Å². The van der Waals surface area contributed by atoms with Crippen LogP contribution in [0.5, 0.6) is 0 Å². The number of nitrogens with zero attached hydrogens (tertiary/aromatic N) is 1. The molecular formula is C37H61N5O7. The van der Waals surface area contributed by atoms with Crippen LogP contribution in [0.1, 0.15) is 131 Å². The molecule has 3 saturated carbocycles. The Hall–Kier alpha value is -3.02. The number of aliphatic hydroxyl groups is 1. The lowest BCUT2D eigenvalue weighted by Gasteiger charge is -2.40. The first-order valence-electron chi connectivity index (χ1n) is 18.9. The van der Waals surface area contributed by atoms with Crippen LogP contribution in [0.25, 0.3) is 0 Å². The van der Waals surface area contributed by atoms with Crippen molar-refractivity contribution in [3.05, 3.63) is 0 Å². The molecule has 2 unspecified atom stereocenters. The van der Waals surface area contributed by atoms with Gasteiger partial charge in [-0.1, -0.05) is 80.1 Å². The topological polar surface area (TPSA) is 174 Å². The lowest BCUT2D eigenvalue weighted by molar-refractivity contribution is -0.148. The lowest BCUT2D eigenvalue weighted by Crippen LogP contribution is -2.63. The maximum Gasteiger partial charge on any atom is 0.289 e. The number of likely N-dealkylation sites (tertiary alicyclic amines) is 1. The number of carbonyl (C=O) groups is 6. The molecular weight excluding hydrogens is 626 g/mol. The van der Waals surface area contributed by atoms with Crippen LogP contribution in [-0.4, -0.2) is 87.7 Å². The third-order valence-corrected chi connectivity index (χ3v) is 11.0. The van der Waals surface area contributed by atoms with Gasteiger partial charge in [-0.05, 0) is 74.5 Å². The van der Waals surface area contributed by atoms with Crippen molar-refractivity contribution in [2.24, 2.45) is 23.2 Å². The van der Waals surface area contributed by atoms with Gasteiger partial charge in [-0.2, -0.15) is 0 Å². The zero-order valence-electron chi connectivity index (χ0n) is 30.5. The minimum atomic E-state index is -1.27. The number of aliphatic hydroxyl groups excluding tert-OH is 1. The number of fused-ring (bicyclic) bond motifs is 1. The van der Waals surface area contributed by atoms with Crippen LogP contribution in [-0.2, 0) is 28.8 Å². The van der Waals surface area contributed by atoms with Crippen molar-refractivity contribution in [1.29, 1.82) is 0 Å². The number of Topliss-reactive ketones (excluding diaryl/α,β-unsaturated/α-hetero) is 1. The van der Waals surface area contributed by atoms with Gasteiger partial charge in [0.05, 0.1) is 6.04 Å². The fraction of sp³-hybridized carbons (Fsp3) is 0.838. The van der Waals surface area contributed by atoms with E-state index < -0.39 is 65.1 Å². The Morgan fingerprint density at radius 3 is 2.04 bits per heavy atom. The Kier molecular flexibility index (Phi) is 13.3. The molecule has 1 aliphatic heterocycles. The number of rotatable bonds is 14. The first-order valence-corrected chi connectivity index (χ1v) is 18.9. The van der Waals surface area contributed by atoms with Gasteiger partial charge in [-0.15, -0.1) is 0 Å². The van der Waals surface area contributed by atoms with E-state index in [0.29, 0.717) is 19.3 Å². The smallest absolute Gasteiger partial charge is 0.289 e. The molecule has 0 spiro atoms. The highest BCUT2D eigenvalue weighted by Gasteiger charge is 2.51. The average molecular weight is 688 g/mol. The van der Waals surface area contributed by atoms with E-state index in [1.165, 1.54) is 0 Å². The Morgan fingerprint density at radius 1 is 0.816 bits per heavy atom. The molecule has 1 heterocycles. The van der Waals surface area contributed by atoms with Crippen molar-refractivity contribution < 1.29 is 33.9 Å². The molecule has 1 saturated heterocycles. The van der Waals surface area contributed by atoms with Crippen molar-refractivity contribution >= 4 is 35.3 Å². The Bertz CT molecular complexity index is 1220. The predicted molar refractivity (Wildman–Crippen MR) is 185 cm³/mol. The fourth-order valence-electron chi connectivity index (χ4n) is 7.92. The molecule has 7 atom stereocenters. The van der Waals surface area contributed by atoms with E-state index in [0.717, 1.165) is 70.6 Å². The zero-order valence-corrected chi connectivity index (χ0v) is 30.5. The quantitative estimate of drug-likeness (QED) is 0.175. The third-order valence-electron chi connectivity index (χ3n) is 11.0. The average Bonchev–Trinajstić information content (AvgIpc) is 3.79. The molecule has 4 rings (SSSR count). The molecule has 4 aliphatic rings. The molecule has 0 bridgehead atoms. The van der Waals surface area contributed by atoms with Gasteiger partial charge in [0, 0.05) is 12.1 Å². The summed E-state index contributed by atoms with van der Waals surface area (Å²) in [5.41, 5.74) is -0.749. The number of hydrogen-bond donors (Lipinski definition) is 5. The summed E-state index contributed by atoms with van der Waals surface area (Å²) >= 11 is 0. The Morgan fingerprint density at radius 2 is 1.45 bits per heavy atom. The molecule has 0 aromatic carbocycles. The second kappa shape index (κ2) is 16.8. The fourth-order valence-corrected chi connectivity index (χ4v) is 7.92. The van der Waals surface area contributed by atoms with Gasteiger partial charge in [-0.25, -0.2) is 0 Å². The van der Waals surface area contributed by atoms with Gasteiger partial charge in [0.15, 0.2) is 0 Å². The highest BCUT2D eigenvalue weighted by Crippen LogP contribution is 2.41. The van der Waals surface area contributed by atoms with Crippen LogP contribution >= 0.6 is 0 Å². The van der Waals surface area contributed by atoms with Gasteiger partial charge in [-0.3, -0.25) is 28.8 Å². The van der Waals surface area contributed by atoms with Crippen molar-refractivity contribution in [2.45, 2.75) is 174 Å². The maximum atomic E-state index is 14.8. The summed E-state index contributed by atoms with van der Waals surface area (Å²) in [6, 6.07) is -3.94. The van der Waals surface area contributed by atoms with E-state index in [1.807, 2.05) is 27.7 Å². The summed E-state index contributed by atoms with van der Waals surface area (Å²) in [6.07, 6.45) is 9.66. The molecule has 5 amide bonds. The molecule has 4 fully saturated rings. The highest BCUT2D eigenvalue weighted by atomic mass is 16.3. The number of carbonyl (C=O) groups excluding carboxylic acids is 6. The minimum absolute atomic E-state index is 0.0105. The van der Waals surface area contributed by atoms with Crippen molar-refractivity contribution in [2.75, 3.05) is 0 Å². The van der Waals surface area contributed by atoms with Crippen LogP contribution in [0.2, 0.25) is 0 Å². The zero-order chi connectivity index (χ0) is 36.0. The van der Waals surface area contributed by atoms with Gasteiger partial charge >= 0.3 is 0 Å². The largest absolute Gasteiger partial charge is 0.383 e. The first kappa shape index (κ1) is 38.8. The monoisotopic (exact) mass is 687 g/mol. The van der Waals surface area contributed by atoms with Crippen molar-refractivity contribution in [3.63, 3.8) is 0 Å². The molecule has 12 heteroatoms. The van der Waals surface area contributed by atoms with Crippen LogP contribution in [0, 0.1) is 23.2 Å². The third kappa shape index (κ3) is 9.82. The predicted octanol–water partition coefficient (Wildman–Crippen LogP) is 2.89. The minimum Gasteiger partial charge on any atom is -0.383 e. The van der Waals surface area contributed by atoms with Crippen molar-refractivity contribution in [1.82, 2.24) is 26.2 Å². The number of hydrogen-bond acceptors (Lipinski definition) is 7. The van der Waals surface area contributed by atoms with Crippen molar-refractivity contribution in [3.8, 4) is 0 Å². The van der Waals surface area contributed by atoms with Crippen LogP contribution in [0.15, 0.2) is 0 Å². The first-order chi connectivity index (χ1) is 23.1. The summed E-state index contributed by atoms with van der Waals surface area (Å²) in [7, 11) is 0. The van der Waals surface area contributed by atoms with Crippen LogP contribution < -0.4 is 21.3 Å². The van der Waals surface area contributed by atoms with E-state index >= 15 is 0 Å². The number of ketones is 1. The molecule has 5 N–H and O–H groups in total. The van der Waals surface area contributed by atoms with Crippen LogP contribution in [0.4, 0.5) is 0 Å². The standard InChI is InChI=1S/C37H61N5O7/c1-7-13-25(30(44)35(48)38-24-18-19-24)39-32(45)27-20-23-16-11-12-17-26(23)42(27)36(49)31(37(4,5)6)41-33(46)28(22-14-9-8-10-15-22)40-34(47)29(43)21(2)3/h21-29,31,43H,7-20H2,1-6H3,(H,38,48)(H,39,45)(H,40,47)(H,41,46)/t23?,25-,26?,27-,28-,29-,31+/m0/s1. The second-order valence-corrected chi connectivity index (χ2v) is 16.5. The van der Waals surface area contributed by atoms with E-state index in [9.17, 15) is 33.9 Å². The van der Waals surface area contributed by atoms with Gasteiger partial charge in [0.1, 0.15) is 24.2 Å². The molecule has 12 nitrogen and oxygen atoms in total. The highest BCUT2D eigenvalue weighted by molar-refractivity contribution is 6.38. The Balaban J connectivity index is 1.58. The molecule has 0 aromatic heterocycles. The molecule has 276 valence electrons. The summed E-state index contributed by atoms with van der Waals surface area (Å²) in [4.78, 5) is 83.4. The SMILES string of the molecule is CCC[C@H](NC(=O)[C@@H]1CC2CCCCC2N1C(=O)[C@@H](NC(=O)[C@@H](NC(=O)[C@@H](O)C(C)C)C1CCCCC1)C(C)(C)C)C(=O)C(=O)NC1CC1. The van der Waals surface area contributed by atoms with E-state index in [1.54, 1.807) is 18.7 Å². The van der Waals surface area contributed by atoms with Gasteiger partial charge < -0.3 is 31.3 Å². The number of amides is 5. The molecule has 3 aliphatic carbocycles. The second-order valence-electron chi connectivity index (χ2n) is 16.5. The molecule has 0 radical (unpaired) electrons. The van der Waals surface area contributed by atoms with Gasteiger partial charge in [0.2, 0.25) is 29.4 Å². The van der Waals surface area contributed by atoms with E-state index in [4.69, 9.17) is 0 Å². The lowest BCUT2D eigenvalue weighted by atomic mass is 9.81.